The third kappa shape index (κ3) is 6.06. The fourth-order valence-corrected chi connectivity index (χ4v) is 0.796. The molecule has 0 saturated carbocycles. The van der Waals surface area contributed by atoms with Crippen molar-refractivity contribution in [1.29, 1.82) is 0 Å². The summed E-state index contributed by atoms with van der Waals surface area (Å²) in [5.41, 5.74) is -0.382. The van der Waals surface area contributed by atoms with E-state index < -0.39 is 5.97 Å². The molecule has 0 heterocycles. The van der Waals surface area contributed by atoms with Gasteiger partial charge in [-0.2, -0.15) is 0 Å². The summed E-state index contributed by atoms with van der Waals surface area (Å²) < 4.78 is 4.78. The minimum absolute atomic E-state index is 0.0380. The summed E-state index contributed by atoms with van der Waals surface area (Å²) in [4.78, 5) is 21.6. The van der Waals surface area contributed by atoms with Gasteiger partial charge in [-0.1, -0.05) is 20.8 Å². The van der Waals surface area contributed by atoms with Crippen molar-refractivity contribution in [3.05, 3.63) is 0 Å². The molecule has 88 valence electrons. The third-order valence-corrected chi connectivity index (χ3v) is 2.26. The Hall–Kier alpha value is -1.10. The van der Waals surface area contributed by atoms with E-state index in [-0.39, 0.29) is 24.5 Å². The number of carboxylic acid groups (broad SMARTS) is 1. The van der Waals surface area contributed by atoms with Crippen LogP contribution in [0.15, 0.2) is 0 Å². The molecule has 0 fully saturated rings. The van der Waals surface area contributed by atoms with Gasteiger partial charge in [-0.25, -0.2) is 4.79 Å². The maximum atomic E-state index is 11.5. The van der Waals surface area contributed by atoms with Gasteiger partial charge in [0.25, 0.3) is 0 Å². The van der Waals surface area contributed by atoms with Crippen molar-refractivity contribution in [2.75, 3.05) is 19.8 Å². The standard InChI is InChI=1S/C10H19NO4/c1-4-10(2,3)9(14)11-5-6-15-7-8(12)13/h4-7H2,1-3H3,(H,11,14)(H,12,13). The minimum atomic E-state index is -1.00. The van der Waals surface area contributed by atoms with E-state index in [0.717, 1.165) is 6.42 Å². The van der Waals surface area contributed by atoms with Crippen LogP contribution in [0.1, 0.15) is 27.2 Å². The van der Waals surface area contributed by atoms with Crippen LogP contribution in [0.2, 0.25) is 0 Å². The SMILES string of the molecule is CCC(C)(C)C(=O)NCCOCC(=O)O. The van der Waals surface area contributed by atoms with Crippen LogP contribution < -0.4 is 5.32 Å². The fourth-order valence-electron chi connectivity index (χ4n) is 0.796. The van der Waals surface area contributed by atoms with Gasteiger partial charge in [-0.3, -0.25) is 4.79 Å². The van der Waals surface area contributed by atoms with E-state index >= 15 is 0 Å². The Bertz CT molecular complexity index is 225. The highest BCUT2D eigenvalue weighted by molar-refractivity contribution is 5.81. The van der Waals surface area contributed by atoms with Crippen LogP contribution in [0.3, 0.4) is 0 Å². The van der Waals surface area contributed by atoms with Gasteiger partial charge < -0.3 is 15.2 Å². The Labute approximate surface area is 89.8 Å². The number of hydrogen-bond acceptors (Lipinski definition) is 3. The molecule has 0 bridgehead atoms. The molecular weight excluding hydrogens is 198 g/mol. The number of rotatable bonds is 7. The van der Waals surface area contributed by atoms with Gasteiger partial charge in [0, 0.05) is 12.0 Å². The van der Waals surface area contributed by atoms with Crippen LogP contribution in [-0.2, 0) is 14.3 Å². The van der Waals surface area contributed by atoms with Gasteiger partial charge in [0.1, 0.15) is 6.61 Å². The van der Waals surface area contributed by atoms with Gasteiger partial charge in [0.05, 0.1) is 6.61 Å². The molecular formula is C10H19NO4. The first-order chi connectivity index (χ1) is 6.90. The van der Waals surface area contributed by atoms with Gasteiger partial charge >= 0.3 is 5.97 Å². The predicted octanol–water partition coefficient (Wildman–Crippen LogP) is 0.640. The summed E-state index contributed by atoms with van der Waals surface area (Å²) in [6.07, 6.45) is 0.759. The maximum absolute atomic E-state index is 11.5. The van der Waals surface area contributed by atoms with Crippen molar-refractivity contribution in [3.63, 3.8) is 0 Å². The van der Waals surface area contributed by atoms with Gasteiger partial charge in [0.2, 0.25) is 5.91 Å². The normalized spacial score (nSPS) is 11.1. The zero-order valence-corrected chi connectivity index (χ0v) is 9.50. The van der Waals surface area contributed by atoms with Crippen LogP contribution in [0.25, 0.3) is 0 Å². The molecule has 0 atom stereocenters. The van der Waals surface area contributed by atoms with Crippen LogP contribution in [0.4, 0.5) is 0 Å². The quantitative estimate of drug-likeness (QED) is 0.614. The molecule has 15 heavy (non-hydrogen) atoms. The van der Waals surface area contributed by atoms with Crippen molar-refractivity contribution < 1.29 is 19.4 Å². The molecule has 5 heteroatoms. The van der Waals surface area contributed by atoms with Crippen molar-refractivity contribution in [2.45, 2.75) is 27.2 Å². The molecule has 5 nitrogen and oxygen atoms in total. The van der Waals surface area contributed by atoms with Gasteiger partial charge in [0.15, 0.2) is 0 Å². The molecule has 0 spiro atoms. The summed E-state index contributed by atoms with van der Waals surface area (Å²) in [6.45, 7) is 5.90. The van der Waals surface area contributed by atoms with Crippen LogP contribution in [-0.4, -0.2) is 36.7 Å². The molecule has 0 aliphatic rings. The van der Waals surface area contributed by atoms with Gasteiger partial charge in [-0.05, 0) is 6.42 Å². The van der Waals surface area contributed by atoms with E-state index in [1.807, 2.05) is 20.8 Å². The molecule has 0 aliphatic carbocycles. The number of carboxylic acids is 1. The molecule has 0 radical (unpaired) electrons. The minimum Gasteiger partial charge on any atom is -0.480 e. The predicted molar refractivity (Wildman–Crippen MR) is 55.5 cm³/mol. The monoisotopic (exact) mass is 217 g/mol. The Balaban J connectivity index is 3.60. The van der Waals surface area contributed by atoms with Crippen LogP contribution >= 0.6 is 0 Å². The Kier molecular flexibility index (Phi) is 5.93. The van der Waals surface area contributed by atoms with E-state index in [9.17, 15) is 9.59 Å². The number of amides is 1. The van der Waals surface area contributed by atoms with E-state index in [1.54, 1.807) is 0 Å². The Morgan fingerprint density at radius 2 is 2.00 bits per heavy atom. The van der Waals surface area contributed by atoms with Crippen LogP contribution in [0.5, 0.6) is 0 Å². The number of nitrogens with one attached hydrogen (secondary N) is 1. The lowest BCUT2D eigenvalue weighted by Crippen LogP contribution is -2.38. The number of ether oxygens (including phenoxy) is 1. The van der Waals surface area contributed by atoms with Crippen molar-refractivity contribution in [1.82, 2.24) is 5.32 Å². The summed E-state index contributed by atoms with van der Waals surface area (Å²) in [6, 6.07) is 0. The number of carbonyl (C=O) groups excluding carboxylic acids is 1. The van der Waals surface area contributed by atoms with Crippen molar-refractivity contribution >= 4 is 11.9 Å². The average molecular weight is 217 g/mol. The van der Waals surface area contributed by atoms with Gasteiger partial charge in [-0.15, -0.1) is 0 Å². The number of carbonyl (C=O) groups is 2. The highest BCUT2D eigenvalue weighted by Crippen LogP contribution is 2.18. The van der Waals surface area contributed by atoms with Crippen molar-refractivity contribution in [2.24, 2.45) is 5.41 Å². The lowest BCUT2D eigenvalue weighted by molar-refractivity contribution is -0.142. The largest absolute Gasteiger partial charge is 0.480 e. The first-order valence-electron chi connectivity index (χ1n) is 4.98. The molecule has 0 unspecified atom stereocenters. The van der Waals surface area contributed by atoms with Crippen molar-refractivity contribution in [3.8, 4) is 0 Å². The lowest BCUT2D eigenvalue weighted by atomic mass is 9.89. The first-order valence-corrected chi connectivity index (χ1v) is 4.98. The highest BCUT2D eigenvalue weighted by Gasteiger charge is 2.24. The second-order valence-corrected chi connectivity index (χ2v) is 3.94. The molecule has 1 amide bonds. The summed E-state index contributed by atoms with van der Waals surface area (Å²) in [7, 11) is 0. The van der Waals surface area contributed by atoms with E-state index in [2.05, 4.69) is 5.32 Å². The Morgan fingerprint density at radius 3 is 2.47 bits per heavy atom. The zero-order valence-electron chi connectivity index (χ0n) is 9.50. The number of aliphatic carboxylic acids is 1. The maximum Gasteiger partial charge on any atom is 0.329 e. The first kappa shape index (κ1) is 13.9. The van der Waals surface area contributed by atoms with Crippen LogP contribution in [0, 0.1) is 5.41 Å². The zero-order chi connectivity index (χ0) is 11.9. The second-order valence-electron chi connectivity index (χ2n) is 3.94. The highest BCUT2D eigenvalue weighted by atomic mass is 16.5. The summed E-state index contributed by atoms with van der Waals surface area (Å²) >= 11 is 0. The third-order valence-electron chi connectivity index (χ3n) is 2.26. The smallest absolute Gasteiger partial charge is 0.329 e. The molecule has 2 N–H and O–H groups in total. The fraction of sp³-hybridized carbons (Fsp3) is 0.800. The van der Waals surface area contributed by atoms with E-state index in [4.69, 9.17) is 9.84 Å². The number of hydrogen-bond donors (Lipinski definition) is 2. The summed E-state index contributed by atoms with van der Waals surface area (Å²) in [5.74, 6) is -1.04. The summed E-state index contributed by atoms with van der Waals surface area (Å²) in [5, 5.41) is 11.0. The molecule has 0 aromatic carbocycles. The second kappa shape index (κ2) is 6.40. The lowest BCUT2D eigenvalue weighted by Gasteiger charge is -2.21. The van der Waals surface area contributed by atoms with E-state index in [0.29, 0.717) is 6.54 Å². The molecule has 0 aliphatic heterocycles. The van der Waals surface area contributed by atoms with E-state index in [1.165, 1.54) is 0 Å². The molecule has 0 aromatic rings. The Morgan fingerprint density at radius 1 is 1.40 bits per heavy atom. The molecule has 0 saturated heterocycles. The average Bonchev–Trinajstić information content (AvgIpc) is 2.16. The molecule has 0 rings (SSSR count). The molecule has 0 aromatic heterocycles. The topological polar surface area (TPSA) is 75.6 Å².